The third-order valence-electron chi connectivity index (χ3n) is 6.68. The van der Waals surface area contributed by atoms with Gasteiger partial charge in [-0.2, -0.15) is 0 Å². The number of aryl methyl sites for hydroxylation is 1. The standard InChI is InChI=1S/C27H35NO5S/c1-5-34(30,31)19-20-6-8-21(9-7-20)22-10-11-24-23(18-22)12-13-27(32-24)14-16-28(17-15-27)25(29)33-26(2,3)4/h6-11,18H,5,12-17,19H2,1-4H3. The van der Waals surface area contributed by atoms with Crippen molar-refractivity contribution in [2.45, 2.75) is 70.3 Å². The Morgan fingerprint density at radius 1 is 1.03 bits per heavy atom. The molecular formula is C27H35NO5S. The van der Waals surface area contributed by atoms with Gasteiger partial charge in [0.1, 0.15) is 17.0 Å². The quantitative estimate of drug-likeness (QED) is 0.581. The fraction of sp³-hybridized carbons (Fsp3) is 0.519. The fourth-order valence-corrected chi connectivity index (χ4v) is 5.53. The van der Waals surface area contributed by atoms with Crippen molar-refractivity contribution in [3.8, 4) is 16.9 Å². The van der Waals surface area contributed by atoms with Crippen LogP contribution in [0.4, 0.5) is 4.79 Å². The van der Waals surface area contributed by atoms with E-state index in [2.05, 4.69) is 12.1 Å². The Hall–Kier alpha value is -2.54. The number of hydrogen-bond donors (Lipinski definition) is 0. The van der Waals surface area contributed by atoms with Crippen LogP contribution in [-0.4, -0.2) is 49.5 Å². The first kappa shape index (κ1) is 24.6. The van der Waals surface area contributed by atoms with Gasteiger partial charge in [0.05, 0.1) is 5.75 Å². The lowest BCUT2D eigenvalue weighted by atomic mass is 9.82. The number of carbonyl (C=O) groups is 1. The molecule has 2 heterocycles. The highest BCUT2D eigenvalue weighted by Crippen LogP contribution is 2.41. The number of ether oxygens (including phenoxy) is 2. The number of amides is 1. The van der Waals surface area contributed by atoms with Crippen LogP contribution in [0.25, 0.3) is 11.1 Å². The van der Waals surface area contributed by atoms with Crippen LogP contribution < -0.4 is 4.74 Å². The van der Waals surface area contributed by atoms with Gasteiger partial charge in [0.25, 0.3) is 0 Å². The molecule has 34 heavy (non-hydrogen) atoms. The zero-order valence-electron chi connectivity index (χ0n) is 20.6. The van der Waals surface area contributed by atoms with Crippen molar-refractivity contribution < 1.29 is 22.7 Å². The summed E-state index contributed by atoms with van der Waals surface area (Å²) < 4.78 is 35.8. The number of fused-ring (bicyclic) bond motifs is 1. The molecule has 1 amide bonds. The van der Waals surface area contributed by atoms with E-state index in [-0.39, 0.29) is 23.2 Å². The number of rotatable bonds is 4. The second kappa shape index (κ2) is 9.25. The maximum absolute atomic E-state index is 12.4. The molecule has 0 aromatic heterocycles. The molecule has 0 atom stereocenters. The van der Waals surface area contributed by atoms with E-state index in [4.69, 9.17) is 9.47 Å². The summed E-state index contributed by atoms with van der Waals surface area (Å²) in [5, 5.41) is 0. The highest BCUT2D eigenvalue weighted by atomic mass is 32.2. The Balaban J connectivity index is 1.41. The van der Waals surface area contributed by atoms with Crippen molar-refractivity contribution in [1.82, 2.24) is 4.90 Å². The van der Waals surface area contributed by atoms with Crippen LogP contribution in [0.15, 0.2) is 42.5 Å². The third-order valence-corrected chi connectivity index (χ3v) is 8.33. The van der Waals surface area contributed by atoms with Gasteiger partial charge >= 0.3 is 6.09 Å². The summed E-state index contributed by atoms with van der Waals surface area (Å²) in [6.07, 6.45) is 3.22. The van der Waals surface area contributed by atoms with E-state index in [0.29, 0.717) is 13.1 Å². The van der Waals surface area contributed by atoms with Gasteiger partial charge in [-0.05, 0) is 68.0 Å². The molecule has 1 spiro atoms. The molecule has 0 unspecified atom stereocenters. The number of likely N-dealkylation sites (tertiary alicyclic amines) is 1. The second-order valence-corrected chi connectivity index (χ2v) is 12.8. The summed E-state index contributed by atoms with van der Waals surface area (Å²) in [6, 6.07) is 14.0. The molecule has 0 N–H and O–H groups in total. The van der Waals surface area contributed by atoms with Gasteiger partial charge in [0.2, 0.25) is 0 Å². The summed E-state index contributed by atoms with van der Waals surface area (Å²) in [4.78, 5) is 14.2. The van der Waals surface area contributed by atoms with Crippen LogP contribution in [0, 0.1) is 0 Å². The normalized spacial score (nSPS) is 17.7. The Kier molecular flexibility index (Phi) is 6.69. The van der Waals surface area contributed by atoms with Gasteiger partial charge in [0, 0.05) is 31.7 Å². The van der Waals surface area contributed by atoms with E-state index in [1.54, 1.807) is 11.8 Å². The number of hydrogen-bond acceptors (Lipinski definition) is 5. The molecule has 2 aliphatic heterocycles. The second-order valence-electron chi connectivity index (χ2n) is 10.4. The number of piperidine rings is 1. The van der Waals surface area contributed by atoms with E-state index in [9.17, 15) is 13.2 Å². The first-order valence-electron chi connectivity index (χ1n) is 12.1. The van der Waals surface area contributed by atoms with Crippen molar-refractivity contribution in [3.63, 3.8) is 0 Å². The van der Waals surface area contributed by atoms with Crippen LogP contribution >= 0.6 is 0 Å². The fourth-order valence-electron chi connectivity index (χ4n) is 4.63. The summed E-state index contributed by atoms with van der Waals surface area (Å²) in [7, 11) is -3.04. The highest BCUT2D eigenvalue weighted by molar-refractivity contribution is 7.90. The van der Waals surface area contributed by atoms with E-state index < -0.39 is 15.4 Å². The lowest BCUT2D eigenvalue weighted by Crippen LogP contribution is -2.52. The van der Waals surface area contributed by atoms with Crippen molar-refractivity contribution >= 4 is 15.9 Å². The predicted octanol–water partition coefficient (Wildman–Crippen LogP) is 5.38. The van der Waals surface area contributed by atoms with Gasteiger partial charge in [-0.15, -0.1) is 0 Å². The topological polar surface area (TPSA) is 72.9 Å². The number of carbonyl (C=O) groups excluding carboxylic acids is 1. The molecule has 2 aliphatic rings. The molecule has 184 valence electrons. The molecule has 0 saturated carbocycles. The van der Waals surface area contributed by atoms with E-state index in [1.807, 2.05) is 51.1 Å². The molecule has 1 fully saturated rings. The lowest BCUT2D eigenvalue weighted by Gasteiger charge is -2.44. The molecule has 0 aliphatic carbocycles. The Bertz CT molecular complexity index is 1140. The van der Waals surface area contributed by atoms with Gasteiger partial charge in [0.15, 0.2) is 9.84 Å². The van der Waals surface area contributed by atoms with Gasteiger partial charge in [-0.3, -0.25) is 0 Å². The lowest BCUT2D eigenvalue weighted by molar-refractivity contribution is -0.0272. The Morgan fingerprint density at radius 2 is 1.68 bits per heavy atom. The molecule has 1 saturated heterocycles. The predicted molar refractivity (Wildman–Crippen MR) is 134 cm³/mol. The summed E-state index contributed by atoms with van der Waals surface area (Å²) in [5.74, 6) is 1.15. The maximum Gasteiger partial charge on any atom is 0.410 e. The first-order chi connectivity index (χ1) is 16.0. The summed E-state index contributed by atoms with van der Waals surface area (Å²) in [5.41, 5.74) is 3.45. The van der Waals surface area contributed by atoms with Crippen molar-refractivity contribution in [2.24, 2.45) is 0 Å². The first-order valence-corrected chi connectivity index (χ1v) is 13.9. The minimum Gasteiger partial charge on any atom is -0.487 e. The minimum atomic E-state index is -3.04. The van der Waals surface area contributed by atoms with Crippen LogP contribution in [0.1, 0.15) is 58.1 Å². The zero-order chi connectivity index (χ0) is 24.6. The van der Waals surface area contributed by atoms with Crippen molar-refractivity contribution in [1.29, 1.82) is 0 Å². The molecule has 7 heteroatoms. The number of benzene rings is 2. The maximum atomic E-state index is 12.4. The SMILES string of the molecule is CCS(=O)(=O)Cc1ccc(-c2ccc3c(c2)CCC2(CCN(C(=O)OC(C)(C)C)CC2)O3)cc1. The zero-order valence-corrected chi connectivity index (χ0v) is 21.4. The number of sulfone groups is 1. The van der Waals surface area contributed by atoms with E-state index >= 15 is 0 Å². The molecule has 0 radical (unpaired) electrons. The summed E-state index contributed by atoms with van der Waals surface area (Å²) in [6.45, 7) is 8.61. The van der Waals surface area contributed by atoms with E-state index in [0.717, 1.165) is 48.1 Å². The van der Waals surface area contributed by atoms with Crippen LogP contribution in [0.3, 0.4) is 0 Å². The van der Waals surface area contributed by atoms with Crippen LogP contribution in [-0.2, 0) is 26.7 Å². The largest absolute Gasteiger partial charge is 0.487 e. The molecule has 4 rings (SSSR count). The molecule has 2 aromatic rings. The van der Waals surface area contributed by atoms with Crippen molar-refractivity contribution in [3.05, 3.63) is 53.6 Å². The Morgan fingerprint density at radius 3 is 2.29 bits per heavy atom. The van der Waals surface area contributed by atoms with Crippen molar-refractivity contribution in [2.75, 3.05) is 18.8 Å². The third kappa shape index (κ3) is 5.74. The van der Waals surface area contributed by atoms with Crippen LogP contribution in [0.2, 0.25) is 0 Å². The van der Waals surface area contributed by atoms with Gasteiger partial charge in [-0.25, -0.2) is 13.2 Å². The van der Waals surface area contributed by atoms with Gasteiger partial charge < -0.3 is 14.4 Å². The Labute approximate surface area is 203 Å². The molecule has 6 nitrogen and oxygen atoms in total. The van der Waals surface area contributed by atoms with Gasteiger partial charge in [-0.1, -0.05) is 37.3 Å². The van der Waals surface area contributed by atoms with Crippen LogP contribution in [0.5, 0.6) is 5.75 Å². The molecule has 0 bridgehead atoms. The van der Waals surface area contributed by atoms with E-state index in [1.165, 1.54) is 5.56 Å². The average molecular weight is 486 g/mol. The monoisotopic (exact) mass is 485 g/mol. The molecule has 2 aromatic carbocycles. The minimum absolute atomic E-state index is 0.0786. The smallest absolute Gasteiger partial charge is 0.410 e. The highest BCUT2D eigenvalue weighted by Gasteiger charge is 2.41. The summed E-state index contributed by atoms with van der Waals surface area (Å²) >= 11 is 0. The molecular weight excluding hydrogens is 450 g/mol. The number of nitrogens with zero attached hydrogens (tertiary/aromatic N) is 1. The average Bonchev–Trinajstić information content (AvgIpc) is 2.78.